The Morgan fingerprint density at radius 2 is 1.61 bits per heavy atom. The Hall–Kier alpha value is -5.07. The number of nitrogens with zero attached hydrogens (tertiary/aromatic N) is 2. The van der Waals surface area contributed by atoms with E-state index in [1.54, 1.807) is 48.5 Å². The lowest BCUT2D eigenvalue weighted by Gasteiger charge is -2.50. The Balaban J connectivity index is 1.37. The summed E-state index contributed by atoms with van der Waals surface area (Å²) in [6, 6.07) is 16.3. The fourth-order valence-electron chi connectivity index (χ4n) is 9.09. The van der Waals surface area contributed by atoms with Gasteiger partial charge in [0.25, 0.3) is 11.8 Å². The smallest absolute Gasteiger partial charge is 0.303 e. The number of aromatic hydroxyl groups is 1. The van der Waals surface area contributed by atoms with Gasteiger partial charge < -0.3 is 19.7 Å². The highest BCUT2D eigenvalue weighted by Crippen LogP contribution is 2.65. The molecular weight excluding hydrogens is 737 g/mol. The van der Waals surface area contributed by atoms with Crippen molar-refractivity contribution >= 4 is 58.5 Å². The molecule has 0 aromatic heterocycles. The summed E-state index contributed by atoms with van der Waals surface area (Å²) in [4.78, 5) is 70.6. The number of hydrogen-bond donors (Lipinski definition) is 3. The van der Waals surface area contributed by atoms with Crippen LogP contribution in [-0.4, -0.2) is 70.5 Å². The number of methoxy groups -OCH3 is 2. The zero-order chi connectivity index (χ0) is 38.5. The Morgan fingerprint density at radius 3 is 2.28 bits per heavy atom. The number of benzene rings is 3. The molecule has 3 aromatic carbocycles. The number of carbonyl (C=O) groups is 5. The number of carboxylic acid groups (broad SMARTS) is 1. The summed E-state index contributed by atoms with van der Waals surface area (Å²) in [5.74, 6) is -6.09. The minimum atomic E-state index is -1.63. The number of imide groups is 2. The van der Waals surface area contributed by atoms with Crippen LogP contribution in [0.1, 0.15) is 55.6 Å². The van der Waals surface area contributed by atoms with Crippen LogP contribution < -0.4 is 14.9 Å². The van der Waals surface area contributed by atoms with Gasteiger partial charge in [-0.25, -0.2) is 0 Å². The van der Waals surface area contributed by atoms with Gasteiger partial charge in [-0.2, -0.15) is 5.01 Å². The van der Waals surface area contributed by atoms with Crippen LogP contribution in [0.15, 0.2) is 72.3 Å². The number of halogens is 2. The molecule has 1 saturated carbocycles. The summed E-state index contributed by atoms with van der Waals surface area (Å²) in [5, 5.41) is 22.2. The molecule has 282 valence electrons. The predicted octanol–water partition coefficient (Wildman–Crippen LogP) is 6.35. The van der Waals surface area contributed by atoms with Crippen LogP contribution in [-0.2, 0) is 29.4 Å². The highest BCUT2D eigenvalue weighted by Gasteiger charge is 2.70. The molecule has 2 aliphatic carbocycles. The maximum atomic E-state index is 15.4. The quantitative estimate of drug-likeness (QED) is 0.107. The van der Waals surface area contributed by atoms with E-state index in [9.17, 15) is 24.3 Å². The van der Waals surface area contributed by atoms with Crippen molar-refractivity contribution in [2.45, 2.75) is 49.9 Å². The highest BCUT2D eigenvalue weighted by molar-refractivity contribution is 6.36. The molecule has 2 aliphatic heterocycles. The Kier molecular flexibility index (Phi) is 10.1. The first kappa shape index (κ1) is 37.3. The fraction of sp³-hybridized carbons (Fsp3) is 0.375. The van der Waals surface area contributed by atoms with E-state index in [0.717, 1.165) is 5.01 Å². The normalized spacial score (nSPS) is 25.9. The second-order valence-electron chi connectivity index (χ2n) is 14.2. The maximum absolute atomic E-state index is 15.4. The van der Waals surface area contributed by atoms with E-state index in [4.69, 9.17) is 37.8 Å². The Labute approximate surface area is 321 Å². The number of unbranched alkanes of at least 4 members (excludes halogenated alkanes) is 2. The monoisotopic (exact) mass is 775 g/mol. The molecule has 7 rings (SSSR count). The number of phenols is 1. The van der Waals surface area contributed by atoms with Crippen LogP contribution in [0.2, 0.25) is 10.0 Å². The van der Waals surface area contributed by atoms with Gasteiger partial charge in [-0.1, -0.05) is 59.5 Å². The average molecular weight is 777 g/mol. The summed E-state index contributed by atoms with van der Waals surface area (Å²) in [6.45, 7) is 0.158. The van der Waals surface area contributed by atoms with Crippen molar-refractivity contribution in [1.82, 2.24) is 9.91 Å². The second kappa shape index (κ2) is 14.6. The average Bonchev–Trinajstić information content (AvgIpc) is 3.52. The van der Waals surface area contributed by atoms with E-state index >= 15 is 4.79 Å². The number of hydrazine groups is 1. The number of phenolic OH excluding ortho intramolecular Hbond substituents is 1. The van der Waals surface area contributed by atoms with Gasteiger partial charge in [0.15, 0.2) is 0 Å². The molecule has 4 amide bonds. The van der Waals surface area contributed by atoms with Crippen LogP contribution in [0, 0.1) is 23.7 Å². The summed E-state index contributed by atoms with van der Waals surface area (Å²) in [5.41, 5.74) is 3.12. The third kappa shape index (κ3) is 6.05. The largest absolute Gasteiger partial charge is 0.508 e. The number of hydrogen-bond acceptors (Lipinski definition) is 9. The number of ether oxygens (including phenoxy) is 2. The minimum Gasteiger partial charge on any atom is -0.508 e. The van der Waals surface area contributed by atoms with Gasteiger partial charge in [-0.05, 0) is 73.6 Å². The van der Waals surface area contributed by atoms with Gasteiger partial charge in [-0.15, -0.1) is 0 Å². The molecule has 0 bridgehead atoms. The lowest BCUT2D eigenvalue weighted by molar-refractivity contribution is -0.141. The maximum Gasteiger partial charge on any atom is 0.303 e. The highest BCUT2D eigenvalue weighted by atomic mass is 35.5. The topological polar surface area (TPSA) is 163 Å². The summed E-state index contributed by atoms with van der Waals surface area (Å²) >= 11 is 12.7. The van der Waals surface area contributed by atoms with E-state index in [1.165, 1.54) is 31.3 Å². The number of rotatable bonds is 12. The van der Waals surface area contributed by atoms with Gasteiger partial charge in [0.05, 0.1) is 48.1 Å². The van der Waals surface area contributed by atoms with E-state index in [1.807, 2.05) is 6.08 Å². The Bertz CT molecular complexity index is 2070. The van der Waals surface area contributed by atoms with Crippen LogP contribution in [0.3, 0.4) is 0 Å². The third-order valence-corrected chi connectivity index (χ3v) is 12.0. The molecule has 3 N–H and O–H groups in total. The first-order chi connectivity index (χ1) is 25.9. The van der Waals surface area contributed by atoms with Gasteiger partial charge >= 0.3 is 5.97 Å². The molecule has 14 heteroatoms. The number of amides is 4. The Morgan fingerprint density at radius 1 is 0.889 bits per heavy atom. The number of carboxylic acids is 1. The standard InChI is InChI=1S/C40H39Cl2N3O9/c1-53-23-10-7-21(8-11-23)40-29(37(50)45(39(40)52)43-31-16-9-22(41)18-30(31)42)20-28-25(35(40)26-13-12-24(54-2)19-32(26)46)14-15-27-34(28)38(51)44(36(27)49)17-5-3-4-6-33(47)48/h7-14,16,18-19,27-29,34-35,43,46H,3-6,15,17,20H2,1-2H3,(H,47,48). The summed E-state index contributed by atoms with van der Waals surface area (Å²) in [6.07, 6.45) is 3.62. The zero-order valence-corrected chi connectivity index (χ0v) is 31.1. The van der Waals surface area contributed by atoms with Gasteiger partial charge in [0, 0.05) is 35.5 Å². The molecule has 2 saturated heterocycles. The number of aliphatic carboxylic acids is 1. The lowest BCUT2D eigenvalue weighted by Crippen LogP contribution is -2.53. The molecular formula is C40H39Cl2N3O9. The molecule has 12 nitrogen and oxygen atoms in total. The van der Waals surface area contributed by atoms with Crippen molar-refractivity contribution in [2.24, 2.45) is 23.7 Å². The van der Waals surface area contributed by atoms with E-state index in [-0.39, 0.29) is 54.1 Å². The summed E-state index contributed by atoms with van der Waals surface area (Å²) < 4.78 is 10.8. The number of nitrogens with one attached hydrogen (secondary N) is 1. The van der Waals surface area contributed by atoms with Crippen LogP contribution in [0.5, 0.6) is 17.2 Å². The second-order valence-corrected chi connectivity index (χ2v) is 15.0. The molecule has 6 atom stereocenters. The van der Waals surface area contributed by atoms with Crippen LogP contribution in [0.25, 0.3) is 0 Å². The first-order valence-corrected chi connectivity index (χ1v) is 18.6. The molecule has 3 fully saturated rings. The number of carbonyl (C=O) groups excluding carboxylic acids is 4. The van der Waals surface area contributed by atoms with E-state index in [0.29, 0.717) is 52.5 Å². The van der Waals surface area contributed by atoms with Crippen LogP contribution in [0.4, 0.5) is 5.69 Å². The van der Waals surface area contributed by atoms with Crippen molar-refractivity contribution in [3.63, 3.8) is 0 Å². The number of fused-ring (bicyclic) bond motifs is 4. The number of anilines is 1. The molecule has 4 aliphatic rings. The predicted molar refractivity (Wildman–Crippen MR) is 198 cm³/mol. The minimum absolute atomic E-state index is 0.00225. The first-order valence-electron chi connectivity index (χ1n) is 17.8. The zero-order valence-electron chi connectivity index (χ0n) is 29.6. The summed E-state index contributed by atoms with van der Waals surface area (Å²) in [7, 11) is 2.99. The van der Waals surface area contributed by atoms with Crippen molar-refractivity contribution in [3.05, 3.63) is 93.5 Å². The SMILES string of the molecule is COc1ccc(C23C(=O)N(Nc4ccc(Cl)cc4Cl)C(=O)C2CC2C(=CCC4C(=O)N(CCCCCC(=O)O)C(=O)C42)C3c2ccc(OC)cc2O)cc1. The van der Waals surface area contributed by atoms with Crippen molar-refractivity contribution in [2.75, 3.05) is 26.2 Å². The fourth-order valence-corrected chi connectivity index (χ4v) is 9.54. The van der Waals surface area contributed by atoms with Crippen LogP contribution >= 0.6 is 23.2 Å². The van der Waals surface area contributed by atoms with Crippen molar-refractivity contribution in [1.29, 1.82) is 0 Å². The number of allylic oxidation sites excluding steroid dienone is 2. The lowest BCUT2D eigenvalue weighted by atomic mass is 9.49. The number of likely N-dealkylation sites (tertiary alicyclic amines) is 1. The molecule has 6 unspecified atom stereocenters. The molecule has 0 radical (unpaired) electrons. The van der Waals surface area contributed by atoms with Crippen molar-refractivity contribution in [3.8, 4) is 17.2 Å². The van der Waals surface area contributed by atoms with Gasteiger partial charge in [-0.3, -0.25) is 34.3 Å². The third-order valence-electron chi connectivity index (χ3n) is 11.5. The van der Waals surface area contributed by atoms with E-state index in [2.05, 4.69) is 5.43 Å². The molecule has 3 aromatic rings. The van der Waals surface area contributed by atoms with Crippen molar-refractivity contribution < 1.29 is 43.7 Å². The van der Waals surface area contributed by atoms with Gasteiger partial charge in [0.2, 0.25) is 11.8 Å². The van der Waals surface area contributed by atoms with E-state index < -0.39 is 52.8 Å². The molecule has 2 heterocycles. The molecule has 0 spiro atoms. The molecule has 54 heavy (non-hydrogen) atoms. The van der Waals surface area contributed by atoms with Gasteiger partial charge in [0.1, 0.15) is 17.2 Å².